The van der Waals surface area contributed by atoms with Crippen molar-refractivity contribution in [3.8, 4) is 5.69 Å². The van der Waals surface area contributed by atoms with Gasteiger partial charge in [-0.3, -0.25) is 4.79 Å². The third-order valence-corrected chi connectivity index (χ3v) is 3.17. The van der Waals surface area contributed by atoms with Crippen LogP contribution in [0.2, 0.25) is 0 Å². The summed E-state index contributed by atoms with van der Waals surface area (Å²) in [6.45, 7) is 1.96. The smallest absolute Gasteiger partial charge is 0.256 e. The van der Waals surface area contributed by atoms with E-state index in [1.165, 1.54) is 23.0 Å². The summed E-state index contributed by atoms with van der Waals surface area (Å²) >= 11 is 0. The predicted molar refractivity (Wildman–Crippen MR) is 68.0 cm³/mol. The number of benzene rings is 1. The quantitative estimate of drug-likeness (QED) is 0.817. The van der Waals surface area contributed by atoms with Crippen LogP contribution in [0, 0.1) is 5.82 Å². The Balaban J connectivity index is 1.85. The third-order valence-electron chi connectivity index (χ3n) is 3.17. The molecule has 1 aliphatic rings. The van der Waals surface area contributed by atoms with Crippen molar-refractivity contribution < 1.29 is 13.9 Å². The molecule has 0 spiro atoms. The maximum Gasteiger partial charge on any atom is 0.256 e. The SMILES string of the molecule is O=C(c1ccc(-n2ccnn2)cc1F)N1CCOCC1. The Morgan fingerprint density at radius 3 is 2.75 bits per heavy atom. The maximum atomic E-state index is 14.1. The molecule has 0 radical (unpaired) electrons. The van der Waals surface area contributed by atoms with Gasteiger partial charge in [-0.05, 0) is 12.1 Å². The highest BCUT2D eigenvalue weighted by Gasteiger charge is 2.21. The fraction of sp³-hybridized carbons (Fsp3) is 0.308. The van der Waals surface area contributed by atoms with Gasteiger partial charge in [0.05, 0.1) is 36.9 Å². The van der Waals surface area contributed by atoms with Crippen LogP contribution in [0.25, 0.3) is 5.69 Å². The topological polar surface area (TPSA) is 60.2 Å². The first-order chi connectivity index (χ1) is 9.75. The van der Waals surface area contributed by atoms with Crippen LogP contribution in [0.4, 0.5) is 4.39 Å². The van der Waals surface area contributed by atoms with Gasteiger partial charge in [-0.1, -0.05) is 5.21 Å². The molecule has 6 nitrogen and oxygen atoms in total. The first-order valence-electron chi connectivity index (χ1n) is 6.29. The second kappa shape index (κ2) is 5.38. The molecule has 1 fully saturated rings. The first kappa shape index (κ1) is 12.7. The van der Waals surface area contributed by atoms with E-state index in [2.05, 4.69) is 10.3 Å². The number of ether oxygens (including phenoxy) is 1. The highest BCUT2D eigenvalue weighted by molar-refractivity contribution is 5.94. The molecular weight excluding hydrogens is 263 g/mol. The first-order valence-corrected chi connectivity index (χ1v) is 6.29. The van der Waals surface area contributed by atoms with E-state index in [1.807, 2.05) is 0 Å². The van der Waals surface area contributed by atoms with Crippen LogP contribution in [-0.2, 0) is 4.74 Å². The van der Waals surface area contributed by atoms with Crippen molar-refractivity contribution >= 4 is 5.91 Å². The van der Waals surface area contributed by atoms with Crippen LogP contribution >= 0.6 is 0 Å². The molecule has 1 aromatic heterocycles. The van der Waals surface area contributed by atoms with Gasteiger partial charge in [0, 0.05) is 19.2 Å². The Hall–Kier alpha value is -2.28. The largest absolute Gasteiger partial charge is 0.378 e. The molecule has 3 rings (SSSR count). The highest BCUT2D eigenvalue weighted by Crippen LogP contribution is 2.16. The molecule has 2 aromatic rings. The fourth-order valence-electron chi connectivity index (χ4n) is 2.10. The van der Waals surface area contributed by atoms with Crippen LogP contribution < -0.4 is 0 Å². The normalized spacial score (nSPS) is 15.3. The van der Waals surface area contributed by atoms with E-state index in [1.54, 1.807) is 17.2 Å². The van der Waals surface area contributed by atoms with Crippen molar-refractivity contribution in [1.29, 1.82) is 0 Å². The Morgan fingerprint density at radius 1 is 1.30 bits per heavy atom. The molecule has 0 N–H and O–H groups in total. The van der Waals surface area contributed by atoms with Crippen LogP contribution in [-0.4, -0.2) is 52.1 Å². The van der Waals surface area contributed by atoms with Crippen molar-refractivity contribution in [2.45, 2.75) is 0 Å². The van der Waals surface area contributed by atoms with Crippen LogP contribution in [0.15, 0.2) is 30.6 Å². The summed E-state index contributed by atoms with van der Waals surface area (Å²) in [5, 5.41) is 7.44. The van der Waals surface area contributed by atoms with Gasteiger partial charge in [-0.15, -0.1) is 5.10 Å². The molecule has 0 saturated carbocycles. The molecule has 104 valence electrons. The predicted octanol–water partition coefficient (Wildman–Crippen LogP) is 0.879. The number of hydrogen-bond donors (Lipinski definition) is 0. The summed E-state index contributed by atoms with van der Waals surface area (Å²) in [6.07, 6.45) is 3.11. The fourth-order valence-corrected chi connectivity index (χ4v) is 2.10. The second-order valence-corrected chi connectivity index (χ2v) is 4.42. The number of morpholine rings is 1. The molecule has 7 heteroatoms. The average Bonchev–Trinajstić information content (AvgIpc) is 3.01. The third kappa shape index (κ3) is 2.39. The van der Waals surface area contributed by atoms with E-state index in [9.17, 15) is 9.18 Å². The molecule has 0 unspecified atom stereocenters. The Kier molecular flexibility index (Phi) is 3.42. The van der Waals surface area contributed by atoms with E-state index in [0.29, 0.717) is 32.0 Å². The lowest BCUT2D eigenvalue weighted by Gasteiger charge is -2.27. The lowest BCUT2D eigenvalue weighted by molar-refractivity contribution is 0.0300. The summed E-state index contributed by atoms with van der Waals surface area (Å²) in [7, 11) is 0. The number of aromatic nitrogens is 3. The number of halogens is 1. The van der Waals surface area contributed by atoms with Gasteiger partial charge in [-0.25, -0.2) is 9.07 Å². The zero-order valence-corrected chi connectivity index (χ0v) is 10.7. The zero-order valence-electron chi connectivity index (χ0n) is 10.7. The molecule has 1 amide bonds. The van der Waals surface area contributed by atoms with E-state index < -0.39 is 5.82 Å². The number of carbonyl (C=O) groups is 1. The molecule has 1 saturated heterocycles. The van der Waals surface area contributed by atoms with Gasteiger partial charge in [0.25, 0.3) is 5.91 Å². The Bertz CT molecular complexity index is 609. The van der Waals surface area contributed by atoms with Gasteiger partial charge in [0.1, 0.15) is 5.82 Å². The van der Waals surface area contributed by atoms with Crippen molar-refractivity contribution in [3.05, 3.63) is 42.0 Å². The summed E-state index contributed by atoms with van der Waals surface area (Å²) in [6, 6.07) is 4.40. The van der Waals surface area contributed by atoms with Crippen molar-refractivity contribution in [2.75, 3.05) is 26.3 Å². The molecule has 20 heavy (non-hydrogen) atoms. The molecule has 0 aliphatic carbocycles. The van der Waals surface area contributed by atoms with Gasteiger partial charge < -0.3 is 9.64 Å². The van der Waals surface area contributed by atoms with Crippen molar-refractivity contribution in [1.82, 2.24) is 19.9 Å². The van der Waals surface area contributed by atoms with Crippen molar-refractivity contribution in [2.24, 2.45) is 0 Å². The van der Waals surface area contributed by atoms with Gasteiger partial charge >= 0.3 is 0 Å². The number of nitrogens with zero attached hydrogens (tertiary/aromatic N) is 4. The number of rotatable bonds is 2. The van der Waals surface area contributed by atoms with Crippen LogP contribution in [0.5, 0.6) is 0 Å². The minimum Gasteiger partial charge on any atom is -0.378 e. The lowest BCUT2D eigenvalue weighted by atomic mass is 10.1. The minimum absolute atomic E-state index is 0.0655. The molecule has 0 atom stereocenters. The summed E-state index contributed by atoms with van der Waals surface area (Å²) < 4.78 is 20.7. The summed E-state index contributed by atoms with van der Waals surface area (Å²) in [5.41, 5.74) is 0.592. The van der Waals surface area contributed by atoms with Gasteiger partial charge in [-0.2, -0.15) is 0 Å². The summed E-state index contributed by atoms with van der Waals surface area (Å²) in [4.78, 5) is 13.8. The molecule has 1 aromatic carbocycles. The molecular formula is C13H13FN4O2. The van der Waals surface area contributed by atoms with E-state index in [0.717, 1.165) is 0 Å². The number of carbonyl (C=O) groups excluding carboxylic acids is 1. The average molecular weight is 276 g/mol. The van der Waals surface area contributed by atoms with Gasteiger partial charge in [0.2, 0.25) is 0 Å². The maximum absolute atomic E-state index is 14.1. The number of hydrogen-bond acceptors (Lipinski definition) is 4. The molecule has 1 aliphatic heterocycles. The number of amides is 1. The summed E-state index contributed by atoms with van der Waals surface area (Å²) in [5.74, 6) is -0.870. The monoisotopic (exact) mass is 276 g/mol. The van der Waals surface area contributed by atoms with E-state index >= 15 is 0 Å². The van der Waals surface area contributed by atoms with Crippen molar-refractivity contribution in [3.63, 3.8) is 0 Å². The standard InChI is InChI=1S/C13H13FN4O2/c14-12-9-10(18-4-3-15-16-18)1-2-11(12)13(19)17-5-7-20-8-6-17/h1-4,9H,5-8H2. The van der Waals surface area contributed by atoms with E-state index in [-0.39, 0.29) is 11.5 Å². The molecule has 2 heterocycles. The second-order valence-electron chi connectivity index (χ2n) is 4.42. The highest BCUT2D eigenvalue weighted by atomic mass is 19.1. The Morgan fingerprint density at radius 2 is 2.10 bits per heavy atom. The lowest BCUT2D eigenvalue weighted by Crippen LogP contribution is -2.41. The zero-order chi connectivity index (χ0) is 13.9. The minimum atomic E-state index is -0.561. The van der Waals surface area contributed by atoms with Crippen LogP contribution in [0.3, 0.4) is 0 Å². The van der Waals surface area contributed by atoms with Gasteiger partial charge in [0.15, 0.2) is 0 Å². The van der Waals surface area contributed by atoms with Crippen LogP contribution in [0.1, 0.15) is 10.4 Å². The Labute approximate surface area is 114 Å². The van der Waals surface area contributed by atoms with E-state index in [4.69, 9.17) is 4.74 Å². The molecule has 0 bridgehead atoms.